The molecule has 1 aliphatic rings. The molecule has 0 spiro atoms. The van der Waals surface area contributed by atoms with Crippen molar-refractivity contribution in [1.29, 1.82) is 0 Å². The van der Waals surface area contributed by atoms with E-state index in [-0.39, 0.29) is 18.5 Å². The van der Waals surface area contributed by atoms with Crippen molar-refractivity contribution < 1.29 is 18.0 Å². The molecule has 1 saturated carbocycles. The van der Waals surface area contributed by atoms with Crippen molar-refractivity contribution >= 4 is 43.5 Å². The second kappa shape index (κ2) is 12.0. The van der Waals surface area contributed by atoms with E-state index in [4.69, 9.17) is 0 Å². The third-order valence-electron chi connectivity index (χ3n) is 6.51. The number of benzene rings is 2. The van der Waals surface area contributed by atoms with Crippen LogP contribution in [0.15, 0.2) is 53.0 Å². The quantitative estimate of drug-likeness (QED) is 0.490. The van der Waals surface area contributed by atoms with Crippen molar-refractivity contribution in [2.24, 2.45) is 0 Å². The van der Waals surface area contributed by atoms with Crippen molar-refractivity contribution in [3.63, 3.8) is 0 Å². The molecular weight excluding hydrogens is 530 g/mol. The van der Waals surface area contributed by atoms with Gasteiger partial charge in [-0.1, -0.05) is 59.5 Å². The molecule has 0 aromatic heterocycles. The van der Waals surface area contributed by atoms with Gasteiger partial charge >= 0.3 is 0 Å². The minimum Gasteiger partial charge on any atom is -0.352 e. The van der Waals surface area contributed by atoms with E-state index >= 15 is 0 Å². The van der Waals surface area contributed by atoms with E-state index in [0.717, 1.165) is 51.8 Å². The van der Waals surface area contributed by atoms with E-state index in [1.807, 2.05) is 31.2 Å². The summed E-state index contributed by atoms with van der Waals surface area (Å²) in [6, 6.07) is 13.8. The highest BCUT2D eigenvalue weighted by molar-refractivity contribution is 9.10. The van der Waals surface area contributed by atoms with Crippen LogP contribution in [0.1, 0.15) is 50.2 Å². The number of anilines is 1. The largest absolute Gasteiger partial charge is 0.352 e. The molecule has 7 nitrogen and oxygen atoms in total. The first-order valence-corrected chi connectivity index (χ1v) is 14.6. The van der Waals surface area contributed by atoms with E-state index < -0.39 is 28.5 Å². The predicted octanol–water partition coefficient (Wildman–Crippen LogP) is 4.39. The normalized spacial score (nSPS) is 15.3. The number of sulfonamides is 1. The van der Waals surface area contributed by atoms with Crippen LogP contribution in [0, 0.1) is 6.92 Å². The number of carbonyl (C=O) groups excluding carboxylic acids is 2. The van der Waals surface area contributed by atoms with Crippen LogP contribution < -0.4 is 9.62 Å². The highest BCUT2D eigenvalue weighted by Crippen LogP contribution is 2.22. The van der Waals surface area contributed by atoms with Crippen LogP contribution in [-0.2, 0) is 26.2 Å². The summed E-state index contributed by atoms with van der Waals surface area (Å²) in [6.45, 7) is 3.48. The average molecular weight is 565 g/mol. The molecule has 0 unspecified atom stereocenters. The lowest BCUT2D eigenvalue weighted by molar-refractivity contribution is -0.139. The van der Waals surface area contributed by atoms with E-state index in [0.29, 0.717) is 5.69 Å². The Kier molecular flexibility index (Phi) is 9.35. The maximum Gasteiger partial charge on any atom is 0.244 e. The van der Waals surface area contributed by atoms with Crippen LogP contribution in [0.5, 0.6) is 0 Å². The average Bonchev–Trinajstić information content (AvgIpc) is 2.82. The van der Waals surface area contributed by atoms with Crippen molar-refractivity contribution in [3.05, 3.63) is 64.1 Å². The molecule has 190 valence electrons. The highest BCUT2D eigenvalue weighted by Gasteiger charge is 2.31. The lowest BCUT2D eigenvalue weighted by Gasteiger charge is -2.33. The number of aryl methyl sites for hydroxylation is 1. The monoisotopic (exact) mass is 563 g/mol. The number of nitrogens with one attached hydrogen (secondary N) is 1. The zero-order valence-corrected chi connectivity index (χ0v) is 22.9. The number of carbonyl (C=O) groups is 2. The summed E-state index contributed by atoms with van der Waals surface area (Å²) in [5.41, 5.74) is 2.30. The molecule has 2 aromatic rings. The fourth-order valence-electron chi connectivity index (χ4n) is 4.34. The molecule has 9 heteroatoms. The van der Waals surface area contributed by atoms with Crippen LogP contribution in [0.4, 0.5) is 5.69 Å². The van der Waals surface area contributed by atoms with E-state index in [2.05, 4.69) is 21.2 Å². The molecule has 0 heterocycles. The highest BCUT2D eigenvalue weighted by atomic mass is 79.9. The van der Waals surface area contributed by atoms with Gasteiger partial charge in [-0.15, -0.1) is 0 Å². The maximum atomic E-state index is 13.6. The number of amides is 2. The third kappa shape index (κ3) is 7.54. The third-order valence-corrected chi connectivity index (χ3v) is 8.18. The van der Waals surface area contributed by atoms with Gasteiger partial charge in [-0.25, -0.2) is 8.42 Å². The lowest BCUT2D eigenvalue weighted by atomic mass is 9.95. The first-order valence-electron chi connectivity index (χ1n) is 11.9. The molecule has 2 aromatic carbocycles. The molecule has 35 heavy (non-hydrogen) atoms. The molecule has 2 amide bonds. The minimum atomic E-state index is -3.74. The van der Waals surface area contributed by atoms with Gasteiger partial charge in [0.15, 0.2) is 0 Å². The topological polar surface area (TPSA) is 86.8 Å². The maximum absolute atomic E-state index is 13.6. The van der Waals surface area contributed by atoms with Crippen LogP contribution in [0.2, 0.25) is 0 Å². The van der Waals surface area contributed by atoms with Crippen LogP contribution in [-0.4, -0.2) is 50.0 Å². The van der Waals surface area contributed by atoms with E-state index in [9.17, 15) is 18.0 Å². The predicted molar refractivity (Wildman–Crippen MR) is 143 cm³/mol. The SMILES string of the molecule is Cc1ccccc1CN(C(=O)CN(c1ccc(Br)cc1)S(C)(=O)=O)[C@@H](C)C(=O)NC1CCCCC1. The Balaban J connectivity index is 1.87. The number of hydrogen-bond donors (Lipinski definition) is 1. The molecule has 0 bridgehead atoms. The molecule has 0 radical (unpaired) electrons. The summed E-state index contributed by atoms with van der Waals surface area (Å²) in [7, 11) is -3.74. The Hall–Kier alpha value is -2.39. The Morgan fingerprint density at radius 3 is 2.29 bits per heavy atom. The zero-order valence-electron chi connectivity index (χ0n) is 20.5. The zero-order chi connectivity index (χ0) is 25.6. The number of halogens is 1. The number of rotatable bonds is 9. The fraction of sp³-hybridized carbons (Fsp3) is 0.462. The van der Waals surface area contributed by atoms with Gasteiger partial charge in [-0.05, 0) is 62.1 Å². The lowest BCUT2D eigenvalue weighted by Crippen LogP contribution is -2.53. The molecule has 1 N–H and O–H groups in total. The molecule has 3 rings (SSSR count). The fourth-order valence-corrected chi connectivity index (χ4v) is 5.46. The second-order valence-corrected chi connectivity index (χ2v) is 12.0. The summed E-state index contributed by atoms with van der Waals surface area (Å²) in [5.74, 6) is -0.652. The molecule has 1 aliphatic carbocycles. The van der Waals surface area contributed by atoms with Crippen molar-refractivity contribution in [2.45, 2.75) is 64.6 Å². The smallest absolute Gasteiger partial charge is 0.244 e. The Bertz CT molecular complexity index is 1130. The second-order valence-electron chi connectivity index (χ2n) is 9.21. The summed E-state index contributed by atoms with van der Waals surface area (Å²) in [5, 5.41) is 3.11. The first kappa shape index (κ1) is 27.2. The van der Waals surface area contributed by atoms with Crippen LogP contribution >= 0.6 is 15.9 Å². The van der Waals surface area contributed by atoms with Crippen molar-refractivity contribution in [3.8, 4) is 0 Å². The Morgan fingerprint density at radius 1 is 1.06 bits per heavy atom. The summed E-state index contributed by atoms with van der Waals surface area (Å²) >= 11 is 3.35. The standard InChI is InChI=1S/C26H34BrN3O4S/c1-19-9-7-8-10-21(19)17-29(20(2)26(32)28-23-11-5-4-6-12-23)25(31)18-30(35(3,33)34)24-15-13-22(27)14-16-24/h7-10,13-16,20,23H,4-6,11-12,17-18H2,1-3H3,(H,28,32)/t20-/m0/s1. The van der Waals surface area contributed by atoms with Gasteiger partial charge < -0.3 is 10.2 Å². The van der Waals surface area contributed by atoms with Gasteiger partial charge in [0.25, 0.3) is 0 Å². The van der Waals surface area contributed by atoms with Gasteiger partial charge in [0.05, 0.1) is 11.9 Å². The van der Waals surface area contributed by atoms with Gasteiger partial charge in [0, 0.05) is 17.1 Å². The first-order chi connectivity index (χ1) is 16.6. The van der Waals surface area contributed by atoms with Crippen molar-refractivity contribution in [2.75, 3.05) is 17.1 Å². The Labute approximate surface area is 217 Å². The summed E-state index contributed by atoms with van der Waals surface area (Å²) < 4.78 is 27.1. The minimum absolute atomic E-state index is 0.115. The van der Waals surface area contributed by atoms with Gasteiger partial charge in [-0.2, -0.15) is 0 Å². The molecule has 1 atom stereocenters. The molecule has 1 fully saturated rings. The molecule has 0 aliphatic heterocycles. The molecular formula is C26H34BrN3O4S. The van der Waals surface area contributed by atoms with Crippen LogP contribution in [0.3, 0.4) is 0 Å². The summed E-state index contributed by atoms with van der Waals surface area (Å²) in [6.07, 6.45) is 6.30. The number of hydrogen-bond acceptors (Lipinski definition) is 4. The molecule has 0 saturated heterocycles. The number of nitrogens with zero attached hydrogens (tertiary/aromatic N) is 2. The Morgan fingerprint density at radius 2 is 1.69 bits per heavy atom. The van der Waals surface area contributed by atoms with Crippen LogP contribution in [0.25, 0.3) is 0 Å². The van der Waals surface area contributed by atoms with Gasteiger partial charge in [0.1, 0.15) is 12.6 Å². The van der Waals surface area contributed by atoms with Crippen molar-refractivity contribution in [1.82, 2.24) is 10.2 Å². The van der Waals surface area contributed by atoms with E-state index in [1.165, 1.54) is 11.3 Å². The van der Waals surface area contributed by atoms with E-state index in [1.54, 1.807) is 31.2 Å². The van der Waals surface area contributed by atoms with Gasteiger partial charge in [0.2, 0.25) is 21.8 Å². The summed E-state index contributed by atoms with van der Waals surface area (Å²) in [4.78, 5) is 28.3. The van der Waals surface area contributed by atoms with Gasteiger partial charge in [-0.3, -0.25) is 13.9 Å².